The van der Waals surface area contributed by atoms with Crippen LogP contribution in [0, 0.1) is 0 Å². The van der Waals surface area contributed by atoms with Gasteiger partial charge < -0.3 is 14.2 Å². The summed E-state index contributed by atoms with van der Waals surface area (Å²) >= 11 is 0. The number of ether oxygens (including phenoxy) is 3. The number of unbranched alkanes of at least 4 members (excludes halogenated alkanes) is 10. The van der Waals surface area contributed by atoms with E-state index in [4.69, 9.17) is 14.2 Å². The molecule has 0 aliphatic carbocycles. The molecule has 0 amide bonds. The highest BCUT2D eigenvalue weighted by molar-refractivity contribution is 5.72. The average molecular weight is 869 g/mol. The van der Waals surface area contributed by atoms with Crippen molar-refractivity contribution in [1.82, 2.24) is 0 Å². The molecule has 0 aromatic heterocycles. The van der Waals surface area contributed by atoms with Crippen molar-refractivity contribution in [3.8, 4) is 0 Å². The molecular formula is C57H88O6. The van der Waals surface area contributed by atoms with Gasteiger partial charge in [0, 0.05) is 12.8 Å². The van der Waals surface area contributed by atoms with Crippen LogP contribution in [0.25, 0.3) is 0 Å². The van der Waals surface area contributed by atoms with E-state index in [9.17, 15) is 14.4 Å². The van der Waals surface area contributed by atoms with E-state index in [1.54, 1.807) is 6.08 Å². The van der Waals surface area contributed by atoms with Crippen LogP contribution in [0.5, 0.6) is 0 Å². The number of rotatable bonds is 42. The maximum atomic E-state index is 12.8. The molecule has 0 aliphatic rings. The van der Waals surface area contributed by atoms with Crippen LogP contribution in [0.2, 0.25) is 0 Å². The van der Waals surface area contributed by atoms with E-state index in [2.05, 4.69) is 142 Å². The van der Waals surface area contributed by atoms with Crippen LogP contribution in [0.4, 0.5) is 0 Å². The van der Waals surface area contributed by atoms with Crippen LogP contribution in [0.15, 0.2) is 134 Å². The van der Waals surface area contributed by atoms with Gasteiger partial charge in [-0.25, -0.2) is 0 Å². The van der Waals surface area contributed by atoms with E-state index in [1.807, 2.05) is 6.08 Å². The molecule has 0 saturated carbocycles. The van der Waals surface area contributed by atoms with Crippen LogP contribution >= 0.6 is 0 Å². The van der Waals surface area contributed by atoms with Crippen molar-refractivity contribution in [2.75, 3.05) is 13.2 Å². The van der Waals surface area contributed by atoms with Gasteiger partial charge >= 0.3 is 17.9 Å². The summed E-state index contributed by atoms with van der Waals surface area (Å²) in [7, 11) is 0. The molecule has 1 unspecified atom stereocenters. The summed E-state index contributed by atoms with van der Waals surface area (Å²) in [6.45, 7) is 6.15. The zero-order valence-electron chi connectivity index (χ0n) is 40.0. The summed E-state index contributed by atoms with van der Waals surface area (Å²) in [5.74, 6) is -1.11. The fraction of sp³-hybridized carbons (Fsp3) is 0.561. The smallest absolute Gasteiger partial charge is 0.309 e. The van der Waals surface area contributed by atoms with Gasteiger partial charge in [-0.15, -0.1) is 0 Å². The molecule has 0 aliphatic heterocycles. The second kappa shape index (κ2) is 50.2. The molecule has 6 heteroatoms. The lowest BCUT2D eigenvalue weighted by Gasteiger charge is -2.18. The quantitative estimate of drug-likeness (QED) is 0.0263. The van der Waals surface area contributed by atoms with Crippen molar-refractivity contribution in [3.63, 3.8) is 0 Å². The van der Waals surface area contributed by atoms with Gasteiger partial charge in [-0.05, 0) is 109 Å². The van der Waals surface area contributed by atoms with Crippen molar-refractivity contribution >= 4 is 17.9 Å². The normalized spacial score (nSPS) is 13.3. The predicted octanol–water partition coefficient (Wildman–Crippen LogP) is 16.3. The number of hydrogen-bond acceptors (Lipinski definition) is 6. The van der Waals surface area contributed by atoms with Gasteiger partial charge in [-0.3, -0.25) is 14.4 Å². The molecule has 0 heterocycles. The summed E-state index contributed by atoms with van der Waals surface area (Å²) in [5.41, 5.74) is 0. The lowest BCUT2D eigenvalue weighted by Crippen LogP contribution is -2.30. The lowest BCUT2D eigenvalue weighted by atomic mass is 10.1. The molecule has 0 saturated heterocycles. The van der Waals surface area contributed by atoms with Crippen molar-refractivity contribution in [2.45, 2.75) is 194 Å². The summed E-state index contributed by atoms with van der Waals surface area (Å²) in [6, 6.07) is 0. The Balaban J connectivity index is 4.60. The fourth-order valence-corrected chi connectivity index (χ4v) is 6.07. The number of esters is 3. The van der Waals surface area contributed by atoms with Crippen molar-refractivity contribution < 1.29 is 28.6 Å². The monoisotopic (exact) mass is 869 g/mol. The minimum Gasteiger partial charge on any atom is -0.462 e. The first-order chi connectivity index (χ1) is 31.0. The van der Waals surface area contributed by atoms with E-state index in [0.717, 1.165) is 148 Å². The largest absolute Gasteiger partial charge is 0.462 e. The molecule has 0 aromatic rings. The van der Waals surface area contributed by atoms with E-state index in [-0.39, 0.29) is 38.0 Å². The van der Waals surface area contributed by atoms with Gasteiger partial charge in [0.25, 0.3) is 0 Å². The molecule has 0 bridgehead atoms. The van der Waals surface area contributed by atoms with Gasteiger partial charge in [0.05, 0.1) is 6.42 Å². The van der Waals surface area contributed by atoms with Gasteiger partial charge in [-0.1, -0.05) is 193 Å². The molecule has 0 fully saturated rings. The second-order valence-corrected chi connectivity index (χ2v) is 15.6. The van der Waals surface area contributed by atoms with Crippen molar-refractivity contribution in [1.29, 1.82) is 0 Å². The molecule has 352 valence electrons. The Bertz CT molecular complexity index is 1420. The Kier molecular flexibility index (Phi) is 46.7. The van der Waals surface area contributed by atoms with E-state index >= 15 is 0 Å². The highest BCUT2D eigenvalue weighted by Gasteiger charge is 2.19. The zero-order chi connectivity index (χ0) is 45.8. The molecule has 0 N–H and O–H groups in total. The van der Waals surface area contributed by atoms with Crippen LogP contribution in [0.1, 0.15) is 188 Å². The van der Waals surface area contributed by atoms with Gasteiger partial charge in [-0.2, -0.15) is 0 Å². The third kappa shape index (κ3) is 48.4. The Labute approximate surface area is 385 Å². The first kappa shape index (κ1) is 58.6. The number of allylic oxidation sites excluding steroid dienone is 21. The summed E-state index contributed by atoms with van der Waals surface area (Å²) in [4.78, 5) is 37.9. The van der Waals surface area contributed by atoms with E-state index in [0.29, 0.717) is 6.42 Å². The minimum atomic E-state index is -0.838. The second-order valence-electron chi connectivity index (χ2n) is 15.6. The maximum absolute atomic E-state index is 12.8. The third-order valence-corrected chi connectivity index (χ3v) is 9.66. The Morgan fingerprint density at radius 1 is 0.333 bits per heavy atom. The highest BCUT2D eigenvalue weighted by Crippen LogP contribution is 2.12. The number of hydrogen-bond donors (Lipinski definition) is 0. The first-order valence-corrected chi connectivity index (χ1v) is 24.7. The topological polar surface area (TPSA) is 78.9 Å². The minimum absolute atomic E-state index is 0.114. The van der Waals surface area contributed by atoms with Gasteiger partial charge in [0.1, 0.15) is 13.2 Å². The summed E-state index contributed by atoms with van der Waals surface area (Å²) in [5, 5.41) is 0. The molecule has 0 radical (unpaired) electrons. The fourth-order valence-electron chi connectivity index (χ4n) is 6.07. The maximum Gasteiger partial charge on any atom is 0.309 e. The number of carbonyl (C=O) groups is 3. The molecule has 0 spiro atoms. The van der Waals surface area contributed by atoms with Crippen LogP contribution < -0.4 is 0 Å². The van der Waals surface area contributed by atoms with Crippen molar-refractivity contribution in [2.24, 2.45) is 0 Å². The lowest BCUT2D eigenvalue weighted by molar-refractivity contribution is -0.166. The highest BCUT2D eigenvalue weighted by atomic mass is 16.6. The van der Waals surface area contributed by atoms with Crippen LogP contribution in [-0.2, 0) is 28.6 Å². The van der Waals surface area contributed by atoms with Gasteiger partial charge in [0.2, 0.25) is 0 Å². The summed E-state index contributed by atoms with van der Waals surface area (Å²) in [6.07, 6.45) is 70.3. The standard InChI is InChI=1S/C57H88O6/c1-4-7-10-13-16-19-22-25-28-31-34-37-40-43-46-49-55(58)61-52-54(63-57(60)51-48-45-42-39-36-33-30-27-24-21-18-15-12-9-6-3)53-62-56(59)50-47-44-41-38-35-32-29-26-23-20-17-14-11-8-5-2/h7-12,16-21,25-30,34,37,43,46,54H,4-6,13-15,22-24,31-33,35-36,38-42,44-45,47-53H2,1-3H3/b10-7-,11-8-,12-9-,19-16-,20-17-,21-18-,28-25-,29-26-,30-27-,37-34-,46-43-. The van der Waals surface area contributed by atoms with Gasteiger partial charge in [0.15, 0.2) is 6.10 Å². The molecule has 0 rings (SSSR count). The average Bonchev–Trinajstić information content (AvgIpc) is 3.28. The first-order valence-electron chi connectivity index (χ1n) is 24.7. The molecule has 1 atom stereocenters. The third-order valence-electron chi connectivity index (χ3n) is 9.66. The molecule has 0 aromatic carbocycles. The zero-order valence-corrected chi connectivity index (χ0v) is 40.0. The Morgan fingerprint density at radius 3 is 1.03 bits per heavy atom. The molecule has 63 heavy (non-hydrogen) atoms. The van der Waals surface area contributed by atoms with Crippen molar-refractivity contribution in [3.05, 3.63) is 134 Å². The predicted molar refractivity (Wildman–Crippen MR) is 269 cm³/mol. The summed E-state index contributed by atoms with van der Waals surface area (Å²) < 4.78 is 16.6. The van der Waals surface area contributed by atoms with Crippen LogP contribution in [-0.4, -0.2) is 37.2 Å². The van der Waals surface area contributed by atoms with E-state index < -0.39 is 12.1 Å². The van der Waals surface area contributed by atoms with E-state index in [1.165, 1.54) is 0 Å². The van der Waals surface area contributed by atoms with Crippen LogP contribution in [0.3, 0.4) is 0 Å². The Morgan fingerprint density at radius 2 is 0.635 bits per heavy atom. The molecular weight excluding hydrogens is 781 g/mol. The Hall–Kier alpha value is -4.45. The molecule has 6 nitrogen and oxygen atoms in total. The number of carbonyl (C=O) groups excluding carboxylic acids is 3. The SMILES string of the molecule is CC/C=C\C/C=C\C/C=C\C/C=C\C/C=C\CC(=O)OCC(COC(=O)CCCCCCC/C=C\C/C=C\C/C=C\CC)OC(=O)CCCCCCC/C=C\C/C=C\C/C=C\CC.